The Morgan fingerprint density at radius 3 is 2.42 bits per heavy atom. The first-order valence-corrected chi connectivity index (χ1v) is 7.82. The third-order valence-corrected chi connectivity index (χ3v) is 4.42. The van der Waals surface area contributed by atoms with Crippen LogP contribution in [0.1, 0.15) is 12.8 Å². The van der Waals surface area contributed by atoms with Crippen molar-refractivity contribution in [2.24, 2.45) is 0 Å². The monoisotopic (exact) mass is 325 g/mol. The molecule has 3 nitrogen and oxygen atoms in total. The molecule has 0 spiro atoms. The fourth-order valence-electron chi connectivity index (χ4n) is 2.59. The van der Waals surface area contributed by atoms with Crippen LogP contribution >= 0.6 is 15.9 Å². The molecule has 0 atom stereocenters. The normalized spacial score (nSPS) is 17.9. The third-order valence-electron chi connectivity index (χ3n) is 3.89. The van der Waals surface area contributed by atoms with Crippen LogP contribution < -0.4 is 5.32 Å². The smallest absolute Gasteiger partial charge is 0.0341 e. The second kappa shape index (κ2) is 7.27. The minimum atomic E-state index is 0.774. The van der Waals surface area contributed by atoms with Crippen LogP contribution in [0.15, 0.2) is 28.7 Å². The van der Waals surface area contributed by atoms with Gasteiger partial charge < -0.3 is 15.1 Å². The summed E-state index contributed by atoms with van der Waals surface area (Å²) in [6.07, 6.45) is 2.59. The van der Waals surface area contributed by atoms with Crippen molar-refractivity contribution in [1.82, 2.24) is 9.80 Å². The average molecular weight is 326 g/mol. The van der Waals surface area contributed by atoms with Gasteiger partial charge in [-0.15, -0.1) is 0 Å². The molecule has 1 aliphatic heterocycles. The van der Waals surface area contributed by atoms with Gasteiger partial charge in [-0.1, -0.05) is 15.9 Å². The molecule has 2 rings (SSSR count). The largest absolute Gasteiger partial charge is 0.384 e. The minimum Gasteiger partial charge on any atom is -0.384 e. The molecule has 1 heterocycles. The molecule has 0 amide bonds. The van der Waals surface area contributed by atoms with Gasteiger partial charge in [0.05, 0.1) is 0 Å². The summed E-state index contributed by atoms with van der Waals surface area (Å²) in [6, 6.07) is 9.15. The Hall–Kier alpha value is -0.580. The molecule has 1 N–H and O–H groups in total. The molecule has 19 heavy (non-hydrogen) atoms. The number of halogens is 1. The van der Waals surface area contributed by atoms with Gasteiger partial charge in [-0.05, 0) is 64.3 Å². The lowest BCUT2D eigenvalue weighted by atomic mass is 10.0. The quantitative estimate of drug-likeness (QED) is 0.898. The van der Waals surface area contributed by atoms with E-state index in [4.69, 9.17) is 0 Å². The van der Waals surface area contributed by atoms with E-state index in [0.29, 0.717) is 0 Å². The molecule has 1 aromatic rings. The maximum atomic E-state index is 3.48. The fourth-order valence-corrected chi connectivity index (χ4v) is 2.85. The van der Waals surface area contributed by atoms with Crippen molar-refractivity contribution in [3.05, 3.63) is 28.7 Å². The fraction of sp³-hybridized carbons (Fsp3) is 0.600. The van der Waals surface area contributed by atoms with Crippen molar-refractivity contribution in [3.8, 4) is 0 Å². The summed E-state index contributed by atoms with van der Waals surface area (Å²) in [5, 5.41) is 3.48. The van der Waals surface area contributed by atoms with Crippen molar-refractivity contribution in [2.45, 2.75) is 18.9 Å². The Morgan fingerprint density at radius 2 is 1.84 bits per heavy atom. The molecular weight excluding hydrogens is 302 g/mol. The Labute approximate surface area is 125 Å². The van der Waals surface area contributed by atoms with Crippen LogP contribution in [-0.4, -0.2) is 56.1 Å². The van der Waals surface area contributed by atoms with Gasteiger partial charge in [0.1, 0.15) is 0 Å². The molecule has 1 saturated heterocycles. The summed E-state index contributed by atoms with van der Waals surface area (Å²) in [5.41, 5.74) is 1.20. The Morgan fingerprint density at radius 1 is 1.21 bits per heavy atom. The first-order valence-electron chi connectivity index (χ1n) is 7.03. The summed E-state index contributed by atoms with van der Waals surface area (Å²) < 4.78 is 1.13. The lowest BCUT2D eigenvalue weighted by Gasteiger charge is -2.35. The number of likely N-dealkylation sites (tertiary alicyclic amines) is 1. The standard InChI is InChI=1S/C15H24BrN3/c1-18(2)15-7-10-19(11-8-15)12-9-17-14-5-3-13(16)4-6-14/h3-6,15,17H,7-12H2,1-2H3. The van der Waals surface area contributed by atoms with Crippen molar-refractivity contribution in [1.29, 1.82) is 0 Å². The molecule has 0 unspecified atom stereocenters. The molecule has 0 saturated carbocycles. The summed E-state index contributed by atoms with van der Waals surface area (Å²) in [5.74, 6) is 0. The first kappa shape index (κ1) is 14.8. The number of hydrogen-bond acceptors (Lipinski definition) is 3. The molecule has 0 radical (unpaired) electrons. The summed E-state index contributed by atoms with van der Waals surface area (Å²) in [6.45, 7) is 4.61. The van der Waals surface area contributed by atoms with E-state index in [1.807, 2.05) is 0 Å². The van der Waals surface area contributed by atoms with Crippen molar-refractivity contribution in [2.75, 3.05) is 45.6 Å². The number of hydrogen-bond donors (Lipinski definition) is 1. The van der Waals surface area contributed by atoms with Gasteiger partial charge in [-0.25, -0.2) is 0 Å². The maximum absolute atomic E-state index is 3.48. The lowest BCUT2D eigenvalue weighted by Crippen LogP contribution is -2.43. The summed E-state index contributed by atoms with van der Waals surface area (Å²) in [7, 11) is 4.38. The zero-order chi connectivity index (χ0) is 13.7. The summed E-state index contributed by atoms with van der Waals surface area (Å²) >= 11 is 3.45. The number of rotatable bonds is 5. The Balaban J connectivity index is 1.65. The zero-order valence-corrected chi connectivity index (χ0v) is 13.5. The van der Waals surface area contributed by atoms with Crippen LogP contribution in [0, 0.1) is 0 Å². The van der Waals surface area contributed by atoms with Gasteiger partial charge in [-0.3, -0.25) is 0 Å². The van der Waals surface area contributed by atoms with Gasteiger partial charge >= 0.3 is 0 Å². The van der Waals surface area contributed by atoms with Crippen molar-refractivity contribution >= 4 is 21.6 Å². The van der Waals surface area contributed by atoms with E-state index >= 15 is 0 Å². The van der Waals surface area contributed by atoms with Crippen LogP contribution in [0.4, 0.5) is 5.69 Å². The molecule has 0 aromatic heterocycles. The van der Waals surface area contributed by atoms with Crippen molar-refractivity contribution in [3.63, 3.8) is 0 Å². The molecule has 1 aliphatic rings. The van der Waals surface area contributed by atoms with Gasteiger partial charge in [0.15, 0.2) is 0 Å². The molecule has 4 heteroatoms. The Bertz CT molecular complexity index is 369. The number of nitrogens with one attached hydrogen (secondary N) is 1. The van der Waals surface area contributed by atoms with Crippen LogP contribution in [0.25, 0.3) is 0 Å². The van der Waals surface area contributed by atoms with Gasteiger partial charge in [0.25, 0.3) is 0 Å². The molecular formula is C15H24BrN3. The van der Waals surface area contributed by atoms with E-state index in [1.165, 1.54) is 31.6 Å². The van der Waals surface area contributed by atoms with Crippen LogP contribution in [0.2, 0.25) is 0 Å². The predicted octanol–water partition coefficient (Wildman–Crippen LogP) is 2.89. The second-order valence-electron chi connectivity index (χ2n) is 5.47. The minimum absolute atomic E-state index is 0.774. The highest BCUT2D eigenvalue weighted by Gasteiger charge is 2.19. The predicted molar refractivity (Wildman–Crippen MR) is 85.8 cm³/mol. The van der Waals surface area contributed by atoms with E-state index in [9.17, 15) is 0 Å². The molecule has 0 bridgehead atoms. The highest BCUT2D eigenvalue weighted by Crippen LogP contribution is 2.15. The average Bonchev–Trinajstić information content (AvgIpc) is 2.41. The highest BCUT2D eigenvalue weighted by molar-refractivity contribution is 9.10. The number of anilines is 1. The van der Waals surface area contributed by atoms with Crippen molar-refractivity contribution < 1.29 is 0 Å². The molecule has 1 fully saturated rings. The van der Waals surface area contributed by atoms with Crippen LogP contribution in [0.5, 0.6) is 0 Å². The lowest BCUT2D eigenvalue weighted by molar-refractivity contribution is 0.148. The SMILES string of the molecule is CN(C)C1CCN(CCNc2ccc(Br)cc2)CC1. The topological polar surface area (TPSA) is 18.5 Å². The number of nitrogens with zero attached hydrogens (tertiary/aromatic N) is 2. The number of piperidine rings is 1. The van der Waals surface area contributed by atoms with E-state index in [2.05, 4.69) is 69.4 Å². The maximum Gasteiger partial charge on any atom is 0.0341 e. The van der Waals surface area contributed by atoms with E-state index < -0.39 is 0 Å². The highest BCUT2D eigenvalue weighted by atomic mass is 79.9. The first-order chi connectivity index (χ1) is 9.15. The van der Waals surface area contributed by atoms with Gasteiger partial charge in [0.2, 0.25) is 0 Å². The summed E-state index contributed by atoms with van der Waals surface area (Å²) in [4.78, 5) is 4.92. The number of benzene rings is 1. The molecule has 106 valence electrons. The van der Waals surface area contributed by atoms with E-state index in [-0.39, 0.29) is 0 Å². The van der Waals surface area contributed by atoms with Gasteiger partial charge in [-0.2, -0.15) is 0 Å². The zero-order valence-electron chi connectivity index (χ0n) is 11.9. The molecule has 0 aliphatic carbocycles. The van der Waals surface area contributed by atoms with Crippen LogP contribution in [-0.2, 0) is 0 Å². The Kier molecular flexibility index (Phi) is 5.67. The van der Waals surface area contributed by atoms with E-state index in [0.717, 1.165) is 23.6 Å². The van der Waals surface area contributed by atoms with Crippen LogP contribution in [0.3, 0.4) is 0 Å². The third kappa shape index (κ3) is 4.79. The van der Waals surface area contributed by atoms with Gasteiger partial charge in [0, 0.05) is 29.3 Å². The second-order valence-corrected chi connectivity index (χ2v) is 6.39. The molecule has 1 aromatic carbocycles. The van der Waals surface area contributed by atoms with E-state index in [1.54, 1.807) is 0 Å².